The minimum absolute atomic E-state index is 0.0180. The van der Waals surface area contributed by atoms with Gasteiger partial charge in [-0.05, 0) is 32.3 Å². The summed E-state index contributed by atoms with van der Waals surface area (Å²) in [5.41, 5.74) is 0. The molecular weight excluding hydrogens is 186 g/mol. The second-order valence-electron chi connectivity index (χ2n) is 2.62. The fraction of sp³-hybridized carbons (Fsp3) is 0.625. The van der Waals surface area contributed by atoms with E-state index in [1.165, 1.54) is 0 Å². The maximum atomic E-state index is 11.7. The highest BCUT2D eigenvalue weighted by Crippen LogP contribution is 2.07. The topological polar surface area (TPSA) is 46.1 Å². The molecule has 0 spiro atoms. The Kier molecular flexibility index (Phi) is 3.36. The zero-order valence-corrected chi connectivity index (χ0v) is 8.89. The number of nitrogens with zero attached hydrogens (tertiary/aromatic N) is 3. The van der Waals surface area contributed by atoms with Crippen molar-refractivity contribution < 1.29 is 4.79 Å². The van der Waals surface area contributed by atoms with Crippen molar-refractivity contribution in [3.8, 4) is 0 Å². The second-order valence-corrected chi connectivity index (χ2v) is 3.38. The predicted molar refractivity (Wildman–Crippen MR) is 51.9 cm³/mol. The first kappa shape index (κ1) is 10.1. The smallest absolute Gasteiger partial charge is 0.284 e. The maximum Gasteiger partial charge on any atom is 0.284 e. The van der Waals surface area contributed by atoms with Crippen LogP contribution in [0.3, 0.4) is 0 Å². The van der Waals surface area contributed by atoms with Crippen molar-refractivity contribution in [2.75, 3.05) is 13.1 Å². The Bertz CT molecular complexity index is 293. The standard InChI is InChI=1S/C8H13N3OS/c1-4-11(5-2)8(12)7-9-6(3)10-13-7/h4-5H2,1-3H3. The number of hydrogen-bond acceptors (Lipinski definition) is 4. The first-order valence-electron chi connectivity index (χ1n) is 4.28. The zero-order valence-electron chi connectivity index (χ0n) is 8.07. The molecule has 0 aliphatic carbocycles. The third-order valence-electron chi connectivity index (χ3n) is 1.76. The van der Waals surface area contributed by atoms with E-state index in [2.05, 4.69) is 9.36 Å². The van der Waals surface area contributed by atoms with Gasteiger partial charge in [-0.15, -0.1) is 0 Å². The van der Waals surface area contributed by atoms with Gasteiger partial charge in [0.2, 0.25) is 5.01 Å². The average molecular weight is 199 g/mol. The van der Waals surface area contributed by atoms with Crippen LogP contribution in [0.25, 0.3) is 0 Å². The number of carbonyl (C=O) groups is 1. The van der Waals surface area contributed by atoms with Crippen LogP contribution in [0.4, 0.5) is 0 Å². The normalized spacial score (nSPS) is 10.1. The zero-order chi connectivity index (χ0) is 9.84. The van der Waals surface area contributed by atoms with Gasteiger partial charge in [-0.2, -0.15) is 4.37 Å². The summed E-state index contributed by atoms with van der Waals surface area (Å²) in [7, 11) is 0. The van der Waals surface area contributed by atoms with Gasteiger partial charge in [0.05, 0.1) is 0 Å². The SMILES string of the molecule is CCN(CC)C(=O)c1nc(C)ns1. The predicted octanol–water partition coefficient (Wildman–Crippen LogP) is 1.33. The van der Waals surface area contributed by atoms with E-state index in [-0.39, 0.29) is 5.91 Å². The van der Waals surface area contributed by atoms with Crippen molar-refractivity contribution in [2.24, 2.45) is 0 Å². The van der Waals surface area contributed by atoms with E-state index in [1.54, 1.807) is 11.8 Å². The Morgan fingerprint density at radius 2 is 2.08 bits per heavy atom. The molecule has 0 N–H and O–H groups in total. The van der Waals surface area contributed by atoms with Crippen LogP contribution in [-0.4, -0.2) is 33.3 Å². The number of carbonyl (C=O) groups excluding carboxylic acids is 1. The van der Waals surface area contributed by atoms with Gasteiger partial charge >= 0.3 is 0 Å². The highest BCUT2D eigenvalue weighted by Gasteiger charge is 2.16. The van der Waals surface area contributed by atoms with Crippen molar-refractivity contribution in [2.45, 2.75) is 20.8 Å². The van der Waals surface area contributed by atoms with Crippen LogP contribution in [0, 0.1) is 6.92 Å². The summed E-state index contributed by atoms with van der Waals surface area (Å²) in [5.74, 6) is 0.649. The highest BCUT2D eigenvalue weighted by atomic mass is 32.1. The lowest BCUT2D eigenvalue weighted by Gasteiger charge is -2.16. The van der Waals surface area contributed by atoms with Crippen LogP contribution in [-0.2, 0) is 0 Å². The largest absolute Gasteiger partial charge is 0.337 e. The van der Waals surface area contributed by atoms with Crippen molar-refractivity contribution in [1.82, 2.24) is 14.3 Å². The molecule has 5 heteroatoms. The van der Waals surface area contributed by atoms with Gasteiger partial charge in [0.25, 0.3) is 5.91 Å². The monoisotopic (exact) mass is 199 g/mol. The average Bonchev–Trinajstić information content (AvgIpc) is 2.54. The summed E-state index contributed by atoms with van der Waals surface area (Å²) in [6.07, 6.45) is 0. The number of hydrogen-bond donors (Lipinski definition) is 0. The fourth-order valence-corrected chi connectivity index (χ4v) is 1.67. The van der Waals surface area contributed by atoms with E-state index in [0.29, 0.717) is 23.9 Å². The number of rotatable bonds is 3. The molecule has 0 saturated carbocycles. The van der Waals surface area contributed by atoms with Crippen LogP contribution >= 0.6 is 11.5 Å². The lowest BCUT2D eigenvalue weighted by atomic mass is 10.4. The molecule has 1 rings (SSSR count). The first-order valence-corrected chi connectivity index (χ1v) is 5.06. The highest BCUT2D eigenvalue weighted by molar-refractivity contribution is 7.07. The Labute approximate surface area is 81.8 Å². The molecule has 1 aromatic rings. The van der Waals surface area contributed by atoms with Gasteiger partial charge in [0.15, 0.2) is 0 Å². The van der Waals surface area contributed by atoms with Crippen LogP contribution in [0.15, 0.2) is 0 Å². The summed E-state index contributed by atoms with van der Waals surface area (Å²) >= 11 is 1.16. The van der Waals surface area contributed by atoms with E-state index in [0.717, 1.165) is 11.5 Å². The molecule has 1 amide bonds. The van der Waals surface area contributed by atoms with E-state index < -0.39 is 0 Å². The number of amides is 1. The number of aromatic nitrogens is 2. The van der Waals surface area contributed by atoms with Crippen LogP contribution in [0.5, 0.6) is 0 Å². The fourth-order valence-electron chi connectivity index (χ4n) is 1.03. The van der Waals surface area contributed by atoms with Crippen molar-refractivity contribution in [3.05, 3.63) is 10.8 Å². The molecule has 72 valence electrons. The van der Waals surface area contributed by atoms with Crippen LogP contribution in [0.2, 0.25) is 0 Å². The Morgan fingerprint density at radius 3 is 2.46 bits per heavy atom. The van der Waals surface area contributed by atoms with Crippen molar-refractivity contribution >= 4 is 17.4 Å². The van der Waals surface area contributed by atoms with Crippen molar-refractivity contribution in [3.63, 3.8) is 0 Å². The quantitative estimate of drug-likeness (QED) is 0.737. The van der Waals surface area contributed by atoms with Crippen molar-refractivity contribution in [1.29, 1.82) is 0 Å². The van der Waals surface area contributed by atoms with Gasteiger partial charge in [-0.3, -0.25) is 4.79 Å². The molecule has 0 aromatic carbocycles. The molecule has 13 heavy (non-hydrogen) atoms. The molecule has 0 radical (unpaired) electrons. The molecule has 1 aromatic heterocycles. The molecule has 0 aliphatic heterocycles. The molecule has 0 unspecified atom stereocenters. The summed E-state index contributed by atoms with van der Waals surface area (Å²) < 4.78 is 3.97. The Morgan fingerprint density at radius 1 is 1.46 bits per heavy atom. The molecule has 0 aliphatic rings. The van der Waals surface area contributed by atoms with E-state index in [4.69, 9.17) is 0 Å². The van der Waals surface area contributed by atoms with Gasteiger partial charge in [-0.1, -0.05) is 0 Å². The molecule has 4 nitrogen and oxygen atoms in total. The third kappa shape index (κ3) is 2.24. The van der Waals surface area contributed by atoms with Gasteiger partial charge < -0.3 is 4.90 Å². The minimum Gasteiger partial charge on any atom is -0.337 e. The Hall–Kier alpha value is -0.970. The third-order valence-corrected chi connectivity index (χ3v) is 2.56. The van der Waals surface area contributed by atoms with Gasteiger partial charge in [0.1, 0.15) is 5.82 Å². The minimum atomic E-state index is -0.0180. The van der Waals surface area contributed by atoms with E-state index in [9.17, 15) is 4.79 Å². The van der Waals surface area contributed by atoms with Gasteiger partial charge in [-0.25, -0.2) is 4.98 Å². The van der Waals surface area contributed by atoms with E-state index in [1.807, 2.05) is 13.8 Å². The molecule has 0 saturated heterocycles. The van der Waals surface area contributed by atoms with Crippen LogP contribution < -0.4 is 0 Å². The Balaban J connectivity index is 2.78. The molecular formula is C8H13N3OS. The second kappa shape index (κ2) is 4.32. The summed E-state index contributed by atoms with van der Waals surface area (Å²) in [6, 6.07) is 0. The summed E-state index contributed by atoms with van der Waals surface area (Å²) in [6.45, 7) is 7.13. The summed E-state index contributed by atoms with van der Waals surface area (Å²) in [4.78, 5) is 17.4. The lowest BCUT2D eigenvalue weighted by molar-refractivity contribution is 0.0772. The molecule has 0 atom stereocenters. The molecule has 0 bridgehead atoms. The lowest BCUT2D eigenvalue weighted by Crippen LogP contribution is -2.30. The molecule has 0 fully saturated rings. The van der Waals surface area contributed by atoms with E-state index >= 15 is 0 Å². The maximum absolute atomic E-state index is 11.7. The number of aryl methyl sites for hydroxylation is 1. The van der Waals surface area contributed by atoms with Crippen LogP contribution in [0.1, 0.15) is 29.5 Å². The first-order chi connectivity index (χ1) is 6.19. The van der Waals surface area contributed by atoms with Gasteiger partial charge in [0, 0.05) is 13.1 Å². The molecule has 1 heterocycles. The summed E-state index contributed by atoms with van der Waals surface area (Å²) in [5, 5.41) is 0.487.